The van der Waals surface area contributed by atoms with Crippen LogP contribution in [0.15, 0.2) is 23.1 Å². The van der Waals surface area contributed by atoms with Crippen molar-refractivity contribution in [2.24, 2.45) is 0 Å². The molecule has 0 heterocycles. The van der Waals surface area contributed by atoms with Gasteiger partial charge in [-0.3, -0.25) is 4.79 Å². The average Bonchev–Trinajstić information content (AvgIpc) is 2.17. The van der Waals surface area contributed by atoms with E-state index in [0.717, 1.165) is 4.90 Å². The van der Waals surface area contributed by atoms with Crippen LogP contribution in [-0.4, -0.2) is 31.2 Å². The van der Waals surface area contributed by atoms with Crippen molar-refractivity contribution in [3.63, 3.8) is 0 Å². The molecule has 0 unspecified atom stereocenters. The second kappa shape index (κ2) is 4.37. The molecule has 0 saturated carbocycles. The lowest BCUT2D eigenvalue weighted by Gasteiger charge is -2.11. The molecule has 0 bridgehead atoms. The van der Waals surface area contributed by atoms with E-state index in [0.29, 0.717) is 11.3 Å². The molecule has 4 heteroatoms. The Labute approximate surface area is 88.3 Å². The largest absolute Gasteiger partial charge is 0.398 e. The number of carbonyl (C=O) groups is 1. The normalized spacial score (nSPS) is 9.93. The summed E-state index contributed by atoms with van der Waals surface area (Å²) in [5.41, 5.74) is 7.12. The minimum atomic E-state index is 0.000278. The van der Waals surface area contributed by atoms with Crippen LogP contribution < -0.4 is 5.73 Å². The maximum Gasteiger partial charge on any atom is 0.253 e. The molecule has 0 aliphatic rings. The van der Waals surface area contributed by atoms with E-state index in [1.54, 1.807) is 42.9 Å². The first-order valence-electron chi connectivity index (χ1n) is 4.21. The Bertz CT molecular complexity index is 350. The third kappa shape index (κ3) is 2.20. The molecule has 3 nitrogen and oxygen atoms in total. The molecular weight excluding hydrogens is 196 g/mol. The topological polar surface area (TPSA) is 46.3 Å². The van der Waals surface area contributed by atoms with Gasteiger partial charge >= 0.3 is 0 Å². The molecule has 1 amide bonds. The number of anilines is 1. The number of hydrogen-bond donors (Lipinski definition) is 1. The smallest absolute Gasteiger partial charge is 0.253 e. The summed E-state index contributed by atoms with van der Waals surface area (Å²) in [6.07, 6.45) is 1.94. The predicted molar refractivity (Wildman–Crippen MR) is 60.7 cm³/mol. The molecule has 0 aliphatic carbocycles. The monoisotopic (exact) mass is 210 g/mol. The van der Waals surface area contributed by atoms with Crippen molar-refractivity contribution < 1.29 is 4.79 Å². The van der Waals surface area contributed by atoms with Crippen LogP contribution in [0.25, 0.3) is 0 Å². The average molecular weight is 210 g/mol. The Hall–Kier alpha value is -1.16. The second-order valence-electron chi connectivity index (χ2n) is 3.16. The fourth-order valence-corrected chi connectivity index (χ4v) is 1.65. The molecule has 0 saturated heterocycles. The first-order valence-corrected chi connectivity index (χ1v) is 5.44. The van der Waals surface area contributed by atoms with E-state index in [2.05, 4.69) is 0 Å². The molecular formula is C10H14N2OS. The van der Waals surface area contributed by atoms with Crippen molar-refractivity contribution in [1.82, 2.24) is 4.90 Å². The SMILES string of the molecule is CSc1cc(C(=O)N(C)C)ccc1N. The first-order chi connectivity index (χ1) is 6.56. The molecule has 0 atom stereocenters. The van der Waals surface area contributed by atoms with E-state index in [1.165, 1.54) is 0 Å². The standard InChI is InChI=1S/C10H14N2OS/c1-12(2)10(13)7-4-5-8(11)9(6-7)14-3/h4-6H,11H2,1-3H3. The van der Waals surface area contributed by atoms with Gasteiger partial charge in [-0.25, -0.2) is 0 Å². The summed E-state index contributed by atoms with van der Waals surface area (Å²) in [4.78, 5) is 14.1. The molecule has 1 rings (SSSR count). The lowest BCUT2D eigenvalue weighted by Crippen LogP contribution is -2.21. The van der Waals surface area contributed by atoms with Gasteiger partial charge in [0.05, 0.1) is 0 Å². The fraction of sp³-hybridized carbons (Fsp3) is 0.300. The van der Waals surface area contributed by atoms with Gasteiger partial charge in [-0.05, 0) is 24.5 Å². The zero-order chi connectivity index (χ0) is 10.7. The highest BCUT2D eigenvalue weighted by Crippen LogP contribution is 2.24. The zero-order valence-electron chi connectivity index (χ0n) is 8.57. The van der Waals surface area contributed by atoms with Crippen molar-refractivity contribution >= 4 is 23.4 Å². The maximum absolute atomic E-state index is 11.6. The Morgan fingerprint density at radius 2 is 2.07 bits per heavy atom. The van der Waals surface area contributed by atoms with Crippen LogP contribution in [0.5, 0.6) is 0 Å². The molecule has 1 aromatic carbocycles. The van der Waals surface area contributed by atoms with Gasteiger partial charge in [0.25, 0.3) is 5.91 Å². The zero-order valence-corrected chi connectivity index (χ0v) is 9.39. The quantitative estimate of drug-likeness (QED) is 0.597. The van der Waals surface area contributed by atoms with E-state index in [9.17, 15) is 4.79 Å². The lowest BCUT2D eigenvalue weighted by molar-refractivity contribution is 0.0827. The third-order valence-electron chi connectivity index (χ3n) is 1.89. The summed E-state index contributed by atoms with van der Waals surface area (Å²) < 4.78 is 0. The number of nitrogen functional groups attached to an aromatic ring is 1. The Morgan fingerprint density at radius 3 is 2.57 bits per heavy atom. The number of amides is 1. The predicted octanol–water partition coefficient (Wildman–Crippen LogP) is 1.69. The molecule has 0 aromatic heterocycles. The van der Waals surface area contributed by atoms with Gasteiger partial charge in [0.2, 0.25) is 0 Å². The second-order valence-corrected chi connectivity index (χ2v) is 4.00. The van der Waals surface area contributed by atoms with E-state index < -0.39 is 0 Å². The summed E-state index contributed by atoms with van der Waals surface area (Å²) in [5, 5.41) is 0. The Balaban J connectivity index is 3.06. The van der Waals surface area contributed by atoms with Crippen molar-refractivity contribution in [1.29, 1.82) is 0 Å². The lowest BCUT2D eigenvalue weighted by atomic mass is 10.2. The molecule has 0 aliphatic heterocycles. The van der Waals surface area contributed by atoms with E-state index in [4.69, 9.17) is 5.73 Å². The third-order valence-corrected chi connectivity index (χ3v) is 2.68. The van der Waals surface area contributed by atoms with Crippen LogP contribution in [0.4, 0.5) is 5.69 Å². The number of carbonyl (C=O) groups excluding carboxylic acids is 1. The van der Waals surface area contributed by atoms with Gasteiger partial charge in [-0.15, -0.1) is 11.8 Å². The molecule has 76 valence electrons. The molecule has 0 radical (unpaired) electrons. The molecule has 2 N–H and O–H groups in total. The van der Waals surface area contributed by atoms with Gasteiger partial charge < -0.3 is 10.6 Å². The minimum Gasteiger partial charge on any atom is -0.398 e. The summed E-state index contributed by atoms with van der Waals surface area (Å²) >= 11 is 1.54. The van der Waals surface area contributed by atoms with Crippen LogP contribution >= 0.6 is 11.8 Å². The highest BCUT2D eigenvalue weighted by Gasteiger charge is 2.09. The number of benzene rings is 1. The first kappa shape index (κ1) is 10.9. The van der Waals surface area contributed by atoms with Crippen molar-refractivity contribution in [3.05, 3.63) is 23.8 Å². The van der Waals surface area contributed by atoms with Gasteiger partial charge in [-0.2, -0.15) is 0 Å². The van der Waals surface area contributed by atoms with E-state index in [-0.39, 0.29) is 5.91 Å². The number of rotatable bonds is 2. The summed E-state index contributed by atoms with van der Waals surface area (Å²) in [7, 11) is 3.47. The highest BCUT2D eigenvalue weighted by atomic mass is 32.2. The van der Waals surface area contributed by atoms with Crippen LogP contribution in [0.3, 0.4) is 0 Å². The van der Waals surface area contributed by atoms with Crippen LogP contribution in [0.1, 0.15) is 10.4 Å². The van der Waals surface area contributed by atoms with Gasteiger partial charge in [0.1, 0.15) is 0 Å². The number of hydrogen-bond acceptors (Lipinski definition) is 3. The van der Waals surface area contributed by atoms with Gasteiger partial charge in [0, 0.05) is 30.2 Å². The van der Waals surface area contributed by atoms with Gasteiger partial charge in [-0.1, -0.05) is 0 Å². The number of nitrogens with two attached hydrogens (primary N) is 1. The maximum atomic E-state index is 11.6. The van der Waals surface area contributed by atoms with Crippen molar-refractivity contribution in [3.8, 4) is 0 Å². The fourth-order valence-electron chi connectivity index (χ4n) is 1.10. The summed E-state index contributed by atoms with van der Waals surface area (Å²) in [5.74, 6) is 0.000278. The molecule has 1 aromatic rings. The van der Waals surface area contributed by atoms with Crippen LogP contribution in [0, 0.1) is 0 Å². The molecule has 14 heavy (non-hydrogen) atoms. The Morgan fingerprint density at radius 1 is 1.43 bits per heavy atom. The van der Waals surface area contributed by atoms with Crippen molar-refractivity contribution in [2.75, 3.05) is 26.1 Å². The number of nitrogens with zero attached hydrogens (tertiary/aromatic N) is 1. The number of thioether (sulfide) groups is 1. The van der Waals surface area contributed by atoms with Crippen LogP contribution in [0.2, 0.25) is 0 Å². The van der Waals surface area contributed by atoms with Gasteiger partial charge in [0.15, 0.2) is 0 Å². The highest BCUT2D eigenvalue weighted by molar-refractivity contribution is 7.98. The van der Waals surface area contributed by atoms with Crippen molar-refractivity contribution in [2.45, 2.75) is 4.90 Å². The molecule has 0 fully saturated rings. The van der Waals surface area contributed by atoms with E-state index >= 15 is 0 Å². The Kier molecular flexibility index (Phi) is 3.41. The minimum absolute atomic E-state index is 0.000278. The van der Waals surface area contributed by atoms with Crippen LogP contribution in [-0.2, 0) is 0 Å². The summed E-state index contributed by atoms with van der Waals surface area (Å²) in [6.45, 7) is 0. The summed E-state index contributed by atoms with van der Waals surface area (Å²) in [6, 6.07) is 5.34. The molecule has 0 spiro atoms. The van der Waals surface area contributed by atoms with E-state index in [1.807, 2.05) is 12.3 Å².